The zero-order valence-corrected chi connectivity index (χ0v) is 21.5. The maximum atomic E-state index is 12.6. The van der Waals surface area contributed by atoms with Gasteiger partial charge in [-0.15, -0.1) is 0 Å². The van der Waals surface area contributed by atoms with E-state index in [-0.39, 0.29) is 18.8 Å². The predicted octanol–water partition coefficient (Wildman–Crippen LogP) is 3.25. The molecule has 2 aromatic carbocycles. The van der Waals surface area contributed by atoms with Gasteiger partial charge in [0.05, 0.1) is 24.4 Å². The number of nitrogens with one attached hydrogen (secondary N) is 3. The average molecular weight is 508 g/mol. The molecule has 0 fully saturated rings. The summed E-state index contributed by atoms with van der Waals surface area (Å²) in [5.74, 6) is -0.669. The number of allylic oxidation sites excluding steroid dienone is 1. The van der Waals surface area contributed by atoms with Gasteiger partial charge in [-0.1, -0.05) is 30.3 Å². The summed E-state index contributed by atoms with van der Waals surface area (Å²) in [5, 5.41) is 9.33. The van der Waals surface area contributed by atoms with E-state index in [0.29, 0.717) is 17.0 Å². The number of carbonyl (C=O) groups excluding carboxylic acids is 3. The minimum Gasteiger partial charge on any atom is -0.483 e. The SMILES string of the molecule is CCOC(=O)C1=C(C)NC(=O)NC1c1ccccc1OCC(=O)N/N=C/c1ccc(N(CC)CC)cc1. The van der Waals surface area contributed by atoms with Crippen LogP contribution in [0.5, 0.6) is 5.75 Å². The molecule has 196 valence electrons. The van der Waals surface area contributed by atoms with Crippen LogP contribution in [0.1, 0.15) is 44.9 Å². The molecule has 0 bridgehead atoms. The van der Waals surface area contributed by atoms with E-state index in [9.17, 15) is 14.4 Å². The lowest BCUT2D eigenvalue weighted by Crippen LogP contribution is -2.45. The second kappa shape index (κ2) is 13.1. The van der Waals surface area contributed by atoms with Gasteiger partial charge in [0.1, 0.15) is 5.75 Å². The normalized spacial score (nSPS) is 15.1. The van der Waals surface area contributed by atoms with Gasteiger partial charge in [-0.3, -0.25) is 4.79 Å². The van der Waals surface area contributed by atoms with Crippen molar-refractivity contribution in [2.75, 3.05) is 31.2 Å². The van der Waals surface area contributed by atoms with Crippen LogP contribution >= 0.6 is 0 Å². The maximum Gasteiger partial charge on any atom is 0.338 e. The number of rotatable bonds is 11. The Bertz CT molecular complexity index is 1170. The number of carbonyl (C=O) groups is 3. The molecule has 1 unspecified atom stereocenters. The van der Waals surface area contributed by atoms with Crippen LogP contribution < -0.4 is 25.7 Å². The Hall–Kier alpha value is -4.34. The van der Waals surface area contributed by atoms with Crippen molar-refractivity contribution in [2.45, 2.75) is 33.7 Å². The quantitative estimate of drug-likeness (QED) is 0.244. The Morgan fingerprint density at radius 3 is 2.46 bits per heavy atom. The minimum absolute atomic E-state index is 0.190. The number of anilines is 1. The summed E-state index contributed by atoms with van der Waals surface area (Å²) in [6.45, 7) is 9.27. The lowest BCUT2D eigenvalue weighted by molar-refractivity contribution is -0.139. The number of hydrogen-bond donors (Lipinski definition) is 3. The Labute approximate surface area is 216 Å². The second-order valence-corrected chi connectivity index (χ2v) is 8.17. The van der Waals surface area contributed by atoms with E-state index in [2.05, 4.69) is 39.9 Å². The molecule has 0 spiro atoms. The molecule has 1 atom stereocenters. The number of urea groups is 1. The first-order valence-electron chi connectivity index (χ1n) is 12.2. The topological polar surface area (TPSA) is 121 Å². The third kappa shape index (κ3) is 7.09. The Kier molecular flexibility index (Phi) is 9.65. The van der Waals surface area contributed by atoms with Gasteiger partial charge < -0.3 is 25.0 Å². The van der Waals surface area contributed by atoms with Crippen LogP contribution in [0.4, 0.5) is 10.5 Å². The molecule has 1 heterocycles. The highest BCUT2D eigenvalue weighted by Crippen LogP contribution is 2.33. The number of benzene rings is 2. The van der Waals surface area contributed by atoms with Crippen LogP contribution in [0.3, 0.4) is 0 Å². The van der Waals surface area contributed by atoms with Crippen molar-refractivity contribution in [3.05, 3.63) is 70.9 Å². The summed E-state index contributed by atoms with van der Waals surface area (Å²) in [7, 11) is 0. The molecule has 3 amide bonds. The molecule has 37 heavy (non-hydrogen) atoms. The summed E-state index contributed by atoms with van der Waals surface area (Å²) < 4.78 is 10.9. The molecular weight excluding hydrogens is 474 g/mol. The number of esters is 1. The van der Waals surface area contributed by atoms with Gasteiger partial charge in [-0.05, 0) is 51.5 Å². The zero-order chi connectivity index (χ0) is 26.8. The molecular formula is C27H33N5O5. The van der Waals surface area contributed by atoms with E-state index in [1.165, 1.54) is 0 Å². The molecule has 0 saturated carbocycles. The first-order valence-corrected chi connectivity index (χ1v) is 12.2. The molecule has 1 aliphatic rings. The summed E-state index contributed by atoms with van der Waals surface area (Å²) in [6.07, 6.45) is 1.56. The highest BCUT2D eigenvalue weighted by molar-refractivity contribution is 5.95. The molecule has 3 rings (SSSR count). The number of ether oxygens (including phenoxy) is 2. The van der Waals surface area contributed by atoms with E-state index in [1.807, 2.05) is 24.3 Å². The van der Waals surface area contributed by atoms with Crippen molar-refractivity contribution in [2.24, 2.45) is 5.10 Å². The lowest BCUT2D eigenvalue weighted by atomic mass is 9.95. The number of amides is 3. The van der Waals surface area contributed by atoms with Gasteiger partial charge in [-0.25, -0.2) is 15.0 Å². The van der Waals surface area contributed by atoms with Crippen molar-refractivity contribution in [3.8, 4) is 5.75 Å². The molecule has 2 aromatic rings. The Balaban J connectivity index is 1.65. The third-order valence-electron chi connectivity index (χ3n) is 5.78. The molecule has 0 aliphatic carbocycles. The van der Waals surface area contributed by atoms with E-state index in [4.69, 9.17) is 9.47 Å². The van der Waals surface area contributed by atoms with Crippen LogP contribution in [-0.2, 0) is 14.3 Å². The molecule has 0 saturated heterocycles. The largest absolute Gasteiger partial charge is 0.483 e. The van der Waals surface area contributed by atoms with Gasteiger partial charge >= 0.3 is 12.0 Å². The van der Waals surface area contributed by atoms with E-state index < -0.39 is 23.9 Å². The van der Waals surface area contributed by atoms with Crippen LogP contribution in [0.25, 0.3) is 0 Å². The van der Waals surface area contributed by atoms with Gasteiger partial charge in [0.2, 0.25) is 0 Å². The first-order chi connectivity index (χ1) is 17.9. The molecule has 0 aromatic heterocycles. The van der Waals surface area contributed by atoms with Crippen molar-refractivity contribution >= 4 is 29.8 Å². The molecule has 3 N–H and O–H groups in total. The monoisotopic (exact) mass is 507 g/mol. The lowest BCUT2D eigenvalue weighted by Gasteiger charge is -2.29. The third-order valence-corrected chi connectivity index (χ3v) is 5.78. The molecule has 0 radical (unpaired) electrons. The van der Waals surface area contributed by atoms with E-state index in [0.717, 1.165) is 24.3 Å². The number of nitrogens with zero attached hydrogens (tertiary/aromatic N) is 2. The Morgan fingerprint density at radius 2 is 1.78 bits per heavy atom. The van der Waals surface area contributed by atoms with Gasteiger partial charge in [-0.2, -0.15) is 5.10 Å². The highest BCUT2D eigenvalue weighted by atomic mass is 16.5. The van der Waals surface area contributed by atoms with Gasteiger partial charge in [0.15, 0.2) is 6.61 Å². The minimum atomic E-state index is -0.801. The standard InChI is InChI=1S/C27H33N5O5/c1-5-32(6-2)20-14-12-19(13-15-20)16-28-31-23(33)17-37-22-11-9-8-10-21(22)25-24(26(34)36-7-3)18(4)29-27(35)30-25/h8-16,25H,5-7,17H2,1-4H3,(H,31,33)(H2,29,30,35)/b28-16+. The van der Waals surface area contributed by atoms with Crippen LogP contribution in [0, 0.1) is 0 Å². The van der Waals surface area contributed by atoms with Crippen molar-refractivity contribution < 1.29 is 23.9 Å². The van der Waals surface area contributed by atoms with Crippen LogP contribution in [-0.4, -0.2) is 50.4 Å². The van der Waals surface area contributed by atoms with Crippen molar-refractivity contribution in [1.29, 1.82) is 0 Å². The van der Waals surface area contributed by atoms with E-state index in [1.54, 1.807) is 44.3 Å². The highest BCUT2D eigenvalue weighted by Gasteiger charge is 2.33. The maximum absolute atomic E-state index is 12.6. The van der Waals surface area contributed by atoms with Gasteiger partial charge in [0, 0.05) is 30.0 Å². The van der Waals surface area contributed by atoms with E-state index >= 15 is 0 Å². The number of hydrazone groups is 1. The fourth-order valence-corrected chi connectivity index (χ4v) is 3.97. The predicted molar refractivity (Wildman–Crippen MR) is 141 cm³/mol. The average Bonchev–Trinajstić information content (AvgIpc) is 2.89. The smallest absolute Gasteiger partial charge is 0.338 e. The number of para-hydroxylation sites is 1. The van der Waals surface area contributed by atoms with Crippen LogP contribution in [0.15, 0.2) is 64.9 Å². The fraction of sp³-hybridized carbons (Fsp3) is 0.333. The summed E-state index contributed by atoms with van der Waals surface area (Å²) in [6, 6.07) is 13.5. The molecule has 10 heteroatoms. The van der Waals surface area contributed by atoms with Crippen molar-refractivity contribution in [1.82, 2.24) is 16.1 Å². The zero-order valence-electron chi connectivity index (χ0n) is 21.5. The fourth-order valence-electron chi connectivity index (χ4n) is 3.97. The summed E-state index contributed by atoms with van der Waals surface area (Å²) in [4.78, 5) is 39.3. The van der Waals surface area contributed by atoms with Crippen LogP contribution in [0.2, 0.25) is 0 Å². The Morgan fingerprint density at radius 1 is 1.08 bits per heavy atom. The summed E-state index contributed by atoms with van der Waals surface area (Å²) in [5.41, 5.74) is 5.59. The first kappa shape index (κ1) is 27.3. The summed E-state index contributed by atoms with van der Waals surface area (Å²) >= 11 is 0. The second-order valence-electron chi connectivity index (χ2n) is 8.17. The number of hydrogen-bond acceptors (Lipinski definition) is 7. The van der Waals surface area contributed by atoms with Gasteiger partial charge in [0.25, 0.3) is 5.91 Å². The van der Waals surface area contributed by atoms with Crippen molar-refractivity contribution in [3.63, 3.8) is 0 Å². The molecule has 10 nitrogen and oxygen atoms in total. The molecule has 1 aliphatic heterocycles.